The van der Waals surface area contributed by atoms with Gasteiger partial charge in [0.05, 0.1) is 25.8 Å². The number of methoxy groups -OCH3 is 1. The van der Waals surface area contributed by atoms with Gasteiger partial charge in [0.1, 0.15) is 11.6 Å². The molecule has 1 atom stereocenters. The second-order valence-electron chi connectivity index (χ2n) is 8.16. The van der Waals surface area contributed by atoms with Crippen LogP contribution in [-0.2, 0) is 13.1 Å². The van der Waals surface area contributed by atoms with E-state index in [1.807, 2.05) is 0 Å². The second-order valence-corrected chi connectivity index (χ2v) is 8.16. The maximum Gasteiger partial charge on any atom is 0.331 e. The molecule has 10 heteroatoms. The lowest BCUT2D eigenvalue weighted by atomic mass is 10.0. The summed E-state index contributed by atoms with van der Waals surface area (Å²) in [6, 6.07) is 10.1. The van der Waals surface area contributed by atoms with E-state index in [2.05, 4.69) is 4.98 Å². The molecule has 0 spiro atoms. The fourth-order valence-corrected chi connectivity index (χ4v) is 4.06. The van der Waals surface area contributed by atoms with Gasteiger partial charge in [0, 0.05) is 35.3 Å². The van der Waals surface area contributed by atoms with Crippen molar-refractivity contribution in [1.29, 1.82) is 0 Å². The van der Waals surface area contributed by atoms with Crippen molar-refractivity contribution in [2.75, 3.05) is 7.11 Å². The number of hydrogen-bond acceptors (Lipinski definition) is 5. The maximum atomic E-state index is 15.3. The number of ether oxygens (including phenoxy) is 1. The molecule has 0 bridgehead atoms. The van der Waals surface area contributed by atoms with Crippen LogP contribution in [0.3, 0.4) is 0 Å². The van der Waals surface area contributed by atoms with Crippen LogP contribution in [0.2, 0.25) is 0 Å². The number of aromatic nitrogens is 3. The fourth-order valence-electron chi connectivity index (χ4n) is 4.06. The highest BCUT2D eigenvalue weighted by atomic mass is 19.1. The van der Waals surface area contributed by atoms with Gasteiger partial charge in [-0.25, -0.2) is 18.0 Å². The third kappa shape index (κ3) is 4.55. The number of pyridine rings is 1. The van der Waals surface area contributed by atoms with E-state index in [0.717, 1.165) is 21.3 Å². The number of benzene rings is 2. The van der Waals surface area contributed by atoms with Gasteiger partial charge >= 0.3 is 5.69 Å². The molecule has 4 rings (SSSR count). The van der Waals surface area contributed by atoms with Crippen molar-refractivity contribution in [3.8, 4) is 16.9 Å². The van der Waals surface area contributed by atoms with Gasteiger partial charge in [-0.1, -0.05) is 24.3 Å². The zero-order chi connectivity index (χ0) is 26.0. The van der Waals surface area contributed by atoms with Crippen LogP contribution in [0.15, 0.2) is 70.5 Å². The zero-order valence-electron chi connectivity index (χ0n) is 19.5. The molecule has 2 N–H and O–H groups in total. The van der Waals surface area contributed by atoms with Crippen molar-refractivity contribution < 1.29 is 17.9 Å². The summed E-state index contributed by atoms with van der Waals surface area (Å²) in [7, 11) is 1.28. The molecule has 0 radical (unpaired) electrons. The Morgan fingerprint density at radius 1 is 1.00 bits per heavy atom. The van der Waals surface area contributed by atoms with Crippen LogP contribution < -0.4 is 21.7 Å². The van der Waals surface area contributed by atoms with Crippen molar-refractivity contribution in [1.82, 2.24) is 14.1 Å². The Morgan fingerprint density at radius 3 is 2.33 bits per heavy atom. The maximum absolute atomic E-state index is 15.3. The largest absolute Gasteiger partial charge is 0.494 e. The number of nitrogens with zero attached hydrogens (tertiary/aromatic N) is 3. The standard InChI is InChI=1S/C26H23F3N4O3/c1-15-23(17-7-3-10-22(36-2)24(17)29)25(34)33(14-21(30)16-6-5-11-31-12-16)26(35)32(15)13-18-19(27)8-4-9-20(18)28/h3-12,21H,13-14,30H2,1-2H3. The van der Waals surface area contributed by atoms with Crippen molar-refractivity contribution >= 4 is 0 Å². The third-order valence-corrected chi connectivity index (χ3v) is 6.01. The molecule has 1 unspecified atom stereocenters. The average molecular weight is 496 g/mol. The Bertz CT molecular complexity index is 1510. The predicted octanol–water partition coefficient (Wildman–Crippen LogP) is 3.55. The summed E-state index contributed by atoms with van der Waals surface area (Å²) >= 11 is 0. The highest BCUT2D eigenvalue weighted by molar-refractivity contribution is 5.67. The van der Waals surface area contributed by atoms with Gasteiger partial charge in [0.2, 0.25) is 0 Å². The Morgan fingerprint density at radius 2 is 1.69 bits per heavy atom. The van der Waals surface area contributed by atoms with E-state index in [9.17, 15) is 18.4 Å². The minimum atomic E-state index is -0.861. The van der Waals surface area contributed by atoms with Crippen molar-refractivity contribution in [3.63, 3.8) is 0 Å². The summed E-state index contributed by atoms with van der Waals surface area (Å²) < 4.78 is 51.1. The predicted molar refractivity (Wildman–Crippen MR) is 128 cm³/mol. The summed E-state index contributed by atoms with van der Waals surface area (Å²) in [5.41, 5.74) is 4.56. The average Bonchev–Trinajstić information content (AvgIpc) is 2.87. The van der Waals surface area contributed by atoms with Gasteiger partial charge < -0.3 is 10.5 Å². The summed E-state index contributed by atoms with van der Waals surface area (Å²) in [6.45, 7) is 0.618. The molecular formula is C26H23F3N4O3. The Kier molecular flexibility index (Phi) is 7.07. The first kappa shape index (κ1) is 24.9. The van der Waals surface area contributed by atoms with Gasteiger partial charge in [-0.2, -0.15) is 0 Å². The Balaban J connectivity index is 1.98. The molecule has 0 aliphatic carbocycles. The molecule has 0 amide bonds. The lowest BCUT2D eigenvalue weighted by Gasteiger charge is -2.20. The SMILES string of the molecule is COc1cccc(-c2c(C)n(Cc3c(F)cccc3F)c(=O)n(CC(N)c3cccnc3)c2=O)c1F. The van der Waals surface area contributed by atoms with E-state index in [4.69, 9.17) is 10.5 Å². The molecular weight excluding hydrogens is 473 g/mol. The van der Waals surface area contributed by atoms with E-state index in [1.54, 1.807) is 18.3 Å². The lowest BCUT2D eigenvalue weighted by Crippen LogP contribution is -2.44. The Labute approximate surface area is 204 Å². The molecule has 2 aromatic heterocycles. The normalized spacial score (nSPS) is 11.9. The first-order chi connectivity index (χ1) is 17.2. The third-order valence-electron chi connectivity index (χ3n) is 6.01. The van der Waals surface area contributed by atoms with Crippen molar-refractivity contribution in [3.05, 3.63) is 116 Å². The second kappa shape index (κ2) is 10.2. The molecule has 2 aromatic carbocycles. The van der Waals surface area contributed by atoms with Crippen LogP contribution in [0.5, 0.6) is 5.75 Å². The molecule has 0 aliphatic heterocycles. The van der Waals surface area contributed by atoms with Crippen LogP contribution in [0, 0.1) is 24.4 Å². The van der Waals surface area contributed by atoms with Gasteiger partial charge in [0.15, 0.2) is 11.6 Å². The molecule has 186 valence electrons. The number of rotatable bonds is 7. The number of hydrogen-bond donors (Lipinski definition) is 1. The zero-order valence-corrected chi connectivity index (χ0v) is 19.5. The quantitative estimate of drug-likeness (QED) is 0.423. The van der Waals surface area contributed by atoms with Gasteiger partial charge in [-0.15, -0.1) is 0 Å². The summed E-state index contributed by atoms with van der Waals surface area (Å²) in [6.07, 6.45) is 3.05. The van der Waals surface area contributed by atoms with Crippen LogP contribution in [-0.4, -0.2) is 21.2 Å². The first-order valence-corrected chi connectivity index (χ1v) is 11.0. The topological polar surface area (TPSA) is 92.1 Å². The fraction of sp³-hybridized carbons (Fsp3) is 0.192. The molecule has 0 saturated carbocycles. The smallest absolute Gasteiger partial charge is 0.331 e. The number of nitrogens with two attached hydrogens (primary N) is 1. The van der Waals surface area contributed by atoms with Crippen molar-refractivity contribution in [2.24, 2.45) is 5.73 Å². The van der Waals surface area contributed by atoms with Gasteiger partial charge in [-0.3, -0.25) is 18.9 Å². The highest BCUT2D eigenvalue weighted by Crippen LogP contribution is 2.29. The highest BCUT2D eigenvalue weighted by Gasteiger charge is 2.24. The van der Waals surface area contributed by atoms with Crippen LogP contribution in [0.1, 0.15) is 22.9 Å². The monoisotopic (exact) mass is 496 g/mol. The number of halogens is 3. The van der Waals surface area contributed by atoms with E-state index in [1.165, 1.54) is 44.5 Å². The van der Waals surface area contributed by atoms with Crippen LogP contribution in [0.4, 0.5) is 13.2 Å². The molecule has 4 aromatic rings. The van der Waals surface area contributed by atoms with Gasteiger partial charge in [0.25, 0.3) is 5.56 Å². The molecule has 36 heavy (non-hydrogen) atoms. The first-order valence-electron chi connectivity index (χ1n) is 11.0. The Hall–Kier alpha value is -4.18. The molecule has 7 nitrogen and oxygen atoms in total. The minimum absolute atomic E-state index is 0.0333. The van der Waals surface area contributed by atoms with E-state index < -0.39 is 41.3 Å². The van der Waals surface area contributed by atoms with E-state index in [-0.39, 0.29) is 34.7 Å². The molecule has 0 aliphatic rings. The van der Waals surface area contributed by atoms with Crippen LogP contribution >= 0.6 is 0 Å². The molecule has 0 saturated heterocycles. The van der Waals surface area contributed by atoms with Crippen LogP contribution in [0.25, 0.3) is 11.1 Å². The molecule has 0 fully saturated rings. The summed E-state index contributed by atoms with van der Waals surface area (Å²) in [5.74, 6) is -2.64. The molecule has 2 heterocycles. The van der Waals surface area contributed by atoms with Crippen molar-refractivity contribution in [2.45, 2.75) is 26.1 Å². The van der Waals surface area contributed by atoms with E-state index in [0.29, 0.717) is 5.56 Å². The summed E-state index contributed by atoms with van der Waals surface area (Å²) in [5, 5.41) is 0. The van der Waals surface area contributed by atoms with Gasteiger partial charge in [-0.05, 0) is 36.8 Å². The lowest BCUT2D eigenvalue weighted by molar-refractivity contribution is 0.387. The summed E-state index contributed by atoms with van der Waals surface area (Å²) in [4.78, 5) is 31.1. The van der Waals surface area contributed by atoms with E-state index >= 15 is 4.39 Å². The minimum Gasteiger partial charge on any atom is -0.494 e.